The Kier molecular flexibility index (Phi) is 4.32. The van der Waals surface area contributed by atoms with E-state index in [2.05, 4.69) is 0 Å². The highest BCUT2D eigenvalue weighted by atomic mass is 16.3. The molecule has 3 rings (SSSR count). The highest BCUT2D eigenvalue weighted by Crippen LogP contribution is 2.61. The molecule has 7 nitrogen and oxygen atoms in total. The summed E-state index contributed by atoms with van der Waals surface area (Å²) in [5, 5.41) is 51.8. The number of benzene rings is 1. The van der Waals surface area contributed by atoms with Crippen LogP contribution in [0.4, 0.5) is 0 Å². The first-order valence-corrected chi connectivity index (χ1v) is 9.09. The second-order valence-electron chi connectivity index (χ2n) is 8.71. The number of fused-ring (bicyclic) bond motifs is 3. The van der Waals surface area contributed by atoms with Crippen LogP contribution in [0.5, 0.6) is 17.2 Å². The van der Waals surface area contributed by atoms with E-state index >= 15 is 0 Å². The Morgan fingerprint density at radius 1 is 1.07 bits per heavy atom. The van der Waals surface area contributed by atoms with Gasteiger partial charge in [0.1, 0.15) is 5.75 Å². The number of hydrogen-bond acceptors (Lipinski definition) is 7. The highest BCUT2D eigenvalue weighted by Gasteiger charge is 2.61. The zero-order chi connectivity index (χ0) is 20.5. The van der Waals surface area contributed by atoms with Crippen molar-refractivity contribution in [3.05, 3.63) is 16.7 Å². The van der Waals surface area contributed by atoms with Gasteiger partial charge >= 0.3 is 0 Å². The molecular weight excluding hydrogens is 352 g/mol. The van der Waals surface area contributed by atoms with E-state index in [-0.39, 0.29) is 16.7 Å². The van der Waals surface area contributed by atoms with E-state index in [1.165, 1.54) is 6.92 Å². The summed E-state index contributed by atoms with van der Waals surface area (Å²) < 4.78 is 0. The van der Waals surface area contributed by atoms with Crippen molar-refractivity contribution in [1.29, 1.82) is 0 Å². The first-order chi connectivity index (χ1) is 12.4. The van der Waals surface area contributed by atoms with E-state index in [1.807, 2.05) is 0 Å². The van der Waals surface area contributed by atoms with Gasteiger partial charge in [0.2, 0.25) is 11.6 Å². The number of carbonyl (C=O) groups is 2. The standard InChI is InChI=1S/C20H26O7/c1-8(7-21)10-13(23)11-12(16(26)14(10)24)20(4)6-5-9(22)19(2,3)18(20)17(27)15(11)25/h8-9,18,21-24,26H,5-7H2,1-4H3/t8-,9-,18+,20-/m1/s1. The van der Waals surface area contributed by atoms with Crippen LogP contribution in [0.3, 0.4) is 0 Å². The second-order valence-corrected chi connectivity index (χ2v) is 8.71. The van der Waals surface area contributed by atoms with Crippen molar-refractivity contribution in [2.45, 2.75) is 58.0 Å². The number of phenols is 3. The van der Waals surface area contributed by atoms with Crippen LogP contribution in [-0.4, -0.2) is 49.8 Å². The van der Waals surface area contributed by atoms with Crippen LogP contribution in [0.25, 0.3) is 0 Å². The average Bonchev–Trinajstić information content (AvgIpc) is 2.59. The van der Waals surface area contributed by atoms with E-state index in [1.54, 1.807) is 20.8 Å². The average molecular weight is 378 g/mol. The fourth-order valence-corrected chi connectivity index (χ4v) is 5.18. The minimum Gasteiger partial charge on any atom is -0.507 e. The van der Waals surface area contributed by atoms with Gasteiger partial charge < -0.3 is 25.5 Å². The summed E-state index contributed by atoms with van der Waals surface area (Å²) in [4.78, 5) is 25.9. The number of carbonyl (C=O) groups excluding carboxylic acids is 2. The van der Waals surface area contributed by atoms with Crippen molar-refractivity contribution in [2.24, 2.45) is 11.3 Å². The third-order valence-corrected chi connectivity index (χ3v) is 6.69. The van der Waals surface area contributed by atoms with Gasteiger partial charge in [0.25, 0.3) is 0 Å². The second kappa shape index (κ2) is 5.94. The Labute approximate surface area is 157 Å². The van der Waals surface area contributed by atoms with Crippen LogP contribution in [0.2, 0.25) is 0 Å². The number of aliphatic hydroxyl groups is 2. The van der Waals surface area contributed by atoms with Crippen molar-refractivity contribution in [3.8, 4) is 17.2 Å². The number of hydrogen-bond donors (Lipinski definition) is 5. The maximum absolute atomic E-state index is 13.0. The summed E-state index contributed by atoms with van der Waals surface area (Å²) in [6, 6.07) is 0. The Morgan fingerprint density at radius 2 is 1.67 bits per heavy atom. The lowest BCUT2D eigenvalue weighted by atomic mass is 9.48. The first-order valence-electron chi connectivity index (χ1n) is 9.09. The van der Waals surface area contributed by atoms with Crippen molar-refractivity contribution in [2.75, 3.05) is 6.61 Å². The Balaban J connectivity index is 2.40. The molecule has 2 aliphatic rings. The molecule has 0 radical (unpaired) electrons. The Hall–Kier alpha value is -2.12. The molecule has 27 heavy (non-hydrogen) atoms. The third-order valence-electron chi connectivity index (χ3n) is 6.69. The molecule has 1 fully saturated rings. The molecular formula is C20H26O7. The molecule has 0 heterocycles. The SMILES string of the molecule is C[C@H](CO)c1c(O)c(O)c2c(c1O)C(=O)C(=O)[C@H]1C(C)(C)[C@H](O)CC[C@]21C. The summed E-state index contributed by atoms with van der Waals surface area (Å²) in [5.41, 5.74) is -2.39. The predicted molar refractivity (Wildman–Crippen MR) is 96.1 cm³/mol. The third kappa shape index (κ3) is 2.34. The smallest absolute Gasteiger partial charge is 0.233 e. The molecule has 0 aromatic heterocycles. The zero-order valence-corrected chi connectivity index (χ0v) is 15.9. The van der Waals surface area contributed by atoms with Gasteiger partial charge in [0.05, 0.1) is 11.7 Å². The van der Waals surface area contributed by atoms with Crippen LogP contribution < -0.4 is 0 Å². The van der Waals surface area contributed by atoms with E-state index in [0.29, 0.717) is 12.8 Å². The van der Waals surface area contributed by atoms with Crippen LogP contribution in [0.15, 0.2) is 0 Å². The van der Waals surface area contributed by atoms with Crippen molar-refractivity contribution in [3.63, 3.8) is 0 Å². The molecule has 1 aromatic carbocycles. The van der Waals surface area contributed by atoms with Gasteiger partial charge in [-0.25, -0.2) is 0 Å². The number of Topliss-reactive ketones (excluding diaryl/α,β-unsaturated/α-hetero) is 2. The molecule has 0 unspecified atom stereocenters. The molecule has 4 atom stereocenters. The molecule has 7 heteroatoms. The Morgan fingerprint density at radius 3 is 2.22 bits per heavy atom. The normalized spacial score (nSPS) is 30.6. The van der Waals surface area contributed by atoms with Gasteiger partial charge in [-0.05, 0) is 12.8 Å². The summed E-state index contributed by atoms with van der Waals surface area (Å²) in [5.74, 6) is -5.06. The fraction of sp³-hybridized carbons (Fsp3) is 0.600. The van der Waals surface area contributed by atoms with Crippen molar-refractivity contribution >= 4 is 11.6 Å². The van der Waals surface area contributed by atoms with Gasteiger partial charge in [-0.15, -0.1) is 0 Å². The molecule has 2 aliphatic carbocycles. The Bertz CT molecular complexity index is 841. The minimum atomic E-state index is -1.04. The quantitative estimate of drug-likeness (QED) is 0.300. The monoisotopic (exact) mass is 378 g/mol. The van der Waals surface area contributed by atoms with Crippen LogP contribution in [-0.2, 0) is 10.2 Å². The number of rotatable bonds is 2. The molecule has 0 bridgehead atoms. The maximum atomic E-state index is 13.0. The molecule has 0 aliphatic heterocycles. The molecule has 5 N–H and O–H groups in total. The highest BCUT2D eigenvalue weighted by molar-refractivity contribution is 6.47. The number of aromatic hydroxyl groups is 3. The zero-order valence-electron chi connectivity index (χ0n) is 15.9. The molecule has 0 saturated heterocycles. The van der Waals surface area contributed by atoms with Crippen molar-refractivity contribution in [1.82, 2.24) is 0 Å². The molecule has 1 aromatic rings. The topological polar surface area (TPSA) is 135 Å². The van der Waals surface area contributed by atoms with E-state index in [9.17, 15) is 35.1 Å². The lowest BCUT2D eigenvalue weighted by molar-refractivity contribution is -0.137. The predicted octanol–water partition coefficient (Wildman–Crippen LogP) is 1.72. The van der Waals surface area contributed by atoms with E-state index in [4.69, 9.17) is 0 Å². The van der Waals surface area contributed by atoms with Crippen molar-refractivity contribution < 1.29 is 35.1 Å². The van der Waals surface area contributed by atoms with Crippen LogP contribution in [0, 0.1) is 11.3 Å². The molecule has 1 saturated carbocycles. The maximum Gasteiger partial charge on any atom is 0.233 e. The summed E-state index contributed by atoms with van der Waals surface area (Å²) in [6.45, 7) is 6.20. The van der Waals surface area contributed by atoms with Crippen LogP contribution >= 0.6 is 0 Å². The summed E-state index contributed by atoms with van der Waals surface area (Å²) in [6.07, 6.45) is -0.154. The number of ketones is 2. The fourth-order valence-electron chi connectivity index (χ4n) is 5.18. The molecule has 148 valence electrons. The van der Waals surface area contributed by atoms with E-state index < -0.39 is 64.2 Å². The largest absolute Gasteiger partial charge is 0.507 e. The van der Waals surface area contributed by atoms with Gasteiger partial charge in [-0.3, -0.25) is 9.59 Å². The minimum absolute atomic E-state index is 0.0426. The van der Waals surface area contributed by atoms with E-state index in [0.717, 1.165) is 0 Å². The first kappa shape index (κ1) is 19.6. The molecule has 0 amide bonds. The lowest BCUT2D eigenvalue weighted by Crippen LogP contribution is -2.59. The lowest BCUT2D eigenvalue weighted by Gasteiger charge is -2.54. The number of aliphatic hydroxyl groups excluding tert-OH is 2. The van der Waals surface area contributed by atoms with Gasteiger partial charge in [0, 0.05) is 40.4 Å². The van der Waals surface area contributed by atoms with Gasteiger partial charge in [-0.2, -0.15) is 0 Å². The molecule has 0 spiro atoms. The summed E-state index contributed by atoms with van der Waals surface area (Å²) in [7, 11) is 0. The van der Waals surface area contributed by atoms with Gasteiger partial charge in [0.15, 0.2) is 11.5 Å². The number of phenolic OH excluding ortho intramolecular Hbond substituents is 3. The van der Waals surface area contributed by atoms with Crippen LogP contribution in [0.1, 0.15) is 67.9 Å². The van der Waals surface area contributed by atoms with Gasteiger partial charge in [-0.1, -0.05) is 27.7 Å². The summed E-state index contributed by atoms with van der Waals surface area (Å²) >= 11 is 0.